The number of hydrogen-bond acceptors (Lipinski definition) is 7. The van der Waals surface area contributed by atoms with Crippen LogP contribution in [0, 0.1) is 0 Å². The fourth-order valence-electron chi connectivity index (χ4n) is 2.71. The van der Waals surface area contributed by atoms with E-state index in [0.717, 1.165) is 11.3 Å². The normalized spacial score (nSPS) is 10.5. The van der Waals surface area contributed by atoms with Crippen LogP contribution in [0.2, 0.25) is 0 Å². The Hall–Kier alpha value is -3.20. The van der Waals surface area contributed by atoms with Crippen molar-refractivity contribution >= 4 is 17.7 Å². The van der Waals surface area contributed by atoms with Crippen LogP contribution in [0.25, 0.3) is 17.1 Å². The average molecular weight is 400 g/mol. The summed E-state index contributed by atoms with van der Waals surface area (Å²) in [5, 5.41) is 9.13. The summed E-state index contributed by atoms with van der Waals surface area (Å²) >= 11 is 1.22. The summed E-state index contributed by atoms with van der Waals surface area (Å²) in [6.45, 7) is 0. The molecule has 0 fully saturated rings. The molecule has 8 nitrogen and oxygen atoms in total. The Labute approximate surface area is 166 Å². The van der Waals surface area contributed by atoms with E-state index in [9.17, 15) is 4.79 Å². The van der Waals surface area contributed by atoms with Gasteiger partial charge in [0, 0.05) is 11.3 Å². The molecule has 0 aliphatic rings. The van der Waals surface area contributed by atoms with Crippen LogP contribution in [0.5, 0.6) is 17.2 Å². The van der Waals surface area contributed by atoms with Gasteiger partial charge < -0.3 is 19.9 Å². The topological polar surface area (TPSA) is 101 Å². The first-order chi connectivity index (χ1) is 13.6. The van der Waals surface area contributed by atoms with Gasteiger partial charge in [0.1, 0.15) is 0 Å². The number of carbonyl (C=O) groups excluding carboxylic acids is 1. The highest BCUT2D eigenvalue weighted by Gasteiger charge is 2.21. The number of methoxy groups -OCH3 is 3. The van der Waals surface area contributed by atoms with E-state index >= 15 is 0 Å². The molecule has 0 unspecified atom stereocenters. The first-order valence-corrected chi connectivity index (χ1v) is 9.30. The molecule has 9 heteroatoms. The van der Waals surface area contributed by atoms with Crippen LogP contribution in [0.1, 0.15) is 0 Å². The maximum atomic E-state index is 11.2. The van der Waals surface area contributed by atoms with Crippen LogP contribution in [-0.2, 0) is 4.79 Å². The Kier molecular flexibility index (Phi) is 6.05. The number of amides is 1. The maximum Gasteiger partial charge on any atom is 0.227 e. The third-order valence-electron chi connectivity index (χ3n) is 3.91. The Balaban J connectivity index is 2.18. The van der Waals surface area contributed by atoms with Gasteiger partial charge in [-0.3, -0.25) is 9.36 Å². The first-order valence-electron chi connectivity index (χ1n) is 8.31. The highest BCUT2D eigenvalue weighted by molar-refractivity contribution is 7.99. The monoisotopic (exact) mass is 400 g/mol. The lowest BCUT2D eigenvalue weighted by molar-refractivity contribution is -0.115. The van der Waals surface area contributed by atoms with E-state index in [0.29, 0.717) is 28.2 Å². The molecule has 146 valence electrons. The molecule has 0 saturated heterocycles. The zero-order valence-corrected chi connectivity index (χ0v) is 16.5. The van der Waals surface area contributed by atoms with Gasteiger partial charge >= 0.3 is 0 Å². The Bertz CT molecular complexity index is 950. The minimum atomic E-state index is -0.429. The average Bonchev–Trinajstić information content (AvgIpc) is 3.15. The van der Waals surface area contributed by atoms with E-state index in [2.05, 4.69) is 10.2 Å². The Morgan fingerprint density at radius 2 is 1.68 bits per heavy atom. The number of para-hydroxylation sites is 1. The molecule has 0 bridgehead atoms. The second-order valence-electron chi connectivity index (χ2n) is 5.65. The number of nitrogens with two attached hydrogens (primary N) is 1. The summed E-state index contributed by atoms with van der Waals surface area (Å²) in [5.74, 6) is 1.74. The van der Waals surface area contributed by atoms with Crippen LogP contribution in [0.15, 0.2) is 47.6 Å². The lowest BCUT2D eigenvalue weighted by Crippen LogP contribution is -2.13. The molecular formula is C19H20N4O4S. The summed E-state index contributed by atoms with van der Waals surface area (Å²) in [4.78, 5) is 11.2. The Morgan fingerprint density at radius 3 is 2.21 bits per heavy atom. The van der Waals surface area contributed by atoms with E-state index < -0.39 is 5.91 Å². The van der Waals surface area contributed by atoms with Crippen molar-refractivity contribution in [3.8, 4) is 34.3 Å². The second kappa shape index (κ2) is 8.66. The van der Waals surface area contributed by atoms with Crippen LogP contribution in [-0.4, -0.2) is 47.8 Å². The summed E-state index contributed by atoms with van der Waals surface area (Å²) in [5.41, 5.74) is 6.86. The lowest BCUT2D eigenvalue weighted by Gasteiger charge is -2.15. The van der Waals surface area contributed by atoms with Crippen LogP contribution in [0.3, 0.4) is 0 Å². The van der Waals surface area contributed by atoms with Crippen molar-refractivity contribution in [2.24, 2.45) is 5.73 Å². The van der Waals surface area contributed by atoms with Gasteiger partial charge in [0.25, 0.3) is 0 Å². The number of ether oxygens (including phenoxy) is 3. The summed E-state index contributed by atoms with van der Waals surface area (Å²) < 4.78 is 18.1. The van der Waals surface area contributed by atoms with Crippen molar-refractivity contribution in [1.82, 2.24) is 14.8 Å². The maximum absolute atomic E-state index is 11.2. The van der Waals surface area contributed by atoms with Crippen LogP contribution in [0.4, 0.5) is 0 Å². The molecule has 2 aromatic carbocycles. The molecule has 1 aromatic heterocycles. The van der Waals surface area contributed by atoms with Gasteiger partial charge in [-0.05, 0) is 24.3 Å². The number of nitrogens with zero attached hydrogens (tertiary/aromatic N) is 3. The molecule has 0 saturated carbocycles. The molecule has 0 aliphatic carbocycles. The van der Waals surface area contributed by atoms with E-state index in [-0.39, 0.29) is 5.75 Å². The molecule has 28 heavy (non-hydrogen) atoms. The quantitative estimate of drug-likeness (QED) is 0.580. The lowest BCUT2D eigenvalue weighted by atomic mass is 10.1. The third kappa shape index (κ3) is 3.89. The van der Waals surface area contributed by atoms with Crippen LogP contribution < -0.4 is 19.9 Å². The molecule has 1 heterocycles. The summed E-state index contributed by atoms with van der Waals surface area (Å²) in [7, 11) is 4.65. The van der Waals surface area contributed by atoms with Crippen molar-refractivity contribution < 1.29 is 19.0 Å². The number of hydrogen-bond donors (Lipinski definition) is 1. The van der Waals surface area contributed by atoms with Crippen molar-refractivity contribution in [1.29, 1.82) is 0 Å². The van der Waals surface area contributed by atoms with Gasteiger partial charge in [-0.2, -0.15) is 0 Å². The molecule has 2 N–H and O–H groups in total. The van der Waals surface area contributed by atoms with Crippen molar-refractivity contribution in [2.45, 2.75) is 5.16 Å². The second-order valence-corrected chi connectivity index (χ2v) is 6.59. The third-order valence-corrected chi connectivity index (χ3v) is 4.87. The van der Waals surface area contributed by atoms with Gasteiger partial charge in [-0.1, -0.05) is 30.0 Å². The van der Waals surface area contributed by atoms with Gasteiger partial charge in [0.2, 0.25) is 11.7 Å². The minimum absolute atomic E-state index is 0.0974. The van der Waals surface area contributed by atoms with E-state index in [1.54, 1.807) is 33.5 Å². The smallest absolute Gasteiger partial charge is 0.227 e. The number of carbonyl (C=O) groups is 1. The van der Waals surface area contributed by atoms with Crippen molar-refractivity contribution in [3.63, 3.8) is 0 Å². The Morgan fingerprint density at radius 1 is 1.04 bits per heavy atom. The molecule has 1 amide bonds. The molecule has 0 spiro atoms. The van der Waals surface area contributed by atoms with Gasteiger partial charge in [0.15, 0.2) is 22.5 Å². The van der Waals surface area contributed by atoms with Gasteiger partial charge in [-0.15, -0.1) is 10.2 Å². The fraction of sp³-hybridized carbons (Fsp3) is 0.211. The van der Waals surface area contributed by atoms with Crippen LogP contribution >= 0.6 is 11.8 Å². The van der Waals surface area contributed by atoms with E-state index in [1.165, 1.54) is 11.8 Å². The van der Waals surface area contributed by atoms with E-state index in [1.807, 2.05) is 34.9 Å². The summed E-state index contributed by atoms with van der Waals surface area (Å²) in [6, 6.07) is 13.2. The number of thioether (sulfide) groups is 1. The largest absolute Gasteiger partial charge is 0.493 e. The summed E-state index contributed by atoms with van der Waals surface area (Å²) in [6.07, 6.45) is 0. The first kappa shape index (κ1) is 19.6. The number of benzene rings is 2. The fourth-order valence-corrected chi connectivity index (χ4v) is 3.40. The van der Waals surface area contributed by atoms with Gasteiger partial charge in [-0.25, -0.2) is 0 Å². The number of primary amides is 1. The SMILES string of the molecule is COc1cc(-c2nnc(SCC(N)=O)n2-c2ccccc2)cc(OC)c1OC. The number of aromatic nitrogens is 3. The molecule has 0 aliphatic heterocycles. The molecular weight excluding hydrogens is 380 g/mol. The molecule has 3 rings (SSSR count). The minimum Gasteiger partial charge on any atom is -0.493 e. The zero-order chi connectivity index (χ0) is 20.1. The van der Waals surface area contributed by atoms with E-state index in [4.69, 9.17) is 19.9 Å². The predicted molar refractivity (Wildman–Crippen MR) is 106 cm³/mol. The van der Waals surface area contributed by atoms with Gasteiger partial charge in [0.05, 0.1) is 27.1 Å². The molecule has 0 atom stereocenters. The highest BCUT2D eigenvalue weighted by atomic mass is 32.2. The van der Waals surface area contributed by atoms with Crippen molar-refractivity contribution in [2.75, 3.05) is 27.1 Å². The molecule has 0 radical (unpaired) electrons. The van der Waals surface area contributed by atoms with Crippen molar-refractivity contribution in [3.05, 3.63) is 42.5 Å². The number of rotatable bonds is 8. The standard InChI is InChI=1S/C19H20N4O4S/c1-25-14-9-12(10-15(26-2)17(14)27-3)18-21-22-19(28-11-16(20)24)23(18)13-7-5-4-6-8-13/h4-10H,11H2,1-3H3,(H2,20,24). The predicted octanol–water partition coefficient (Wildman–Crippen LogP) is 2.54. The molecule has 3 aromatic rings. The zero-order valence-electron chi connectivity index (χ0n) is 15.7. The highest BCUT2D eigenvalue weighted by Crippen LogP contribution is 2.41.